The number of aldehydes is 1. The van der Waals surface area contributed by atoms with E-state index in [1.54, 1.807) is 18.2 Å². The molecule has 1 aromatic carbocycles. The molecule has 0 bridgehead atoms. The van der Waals surface area contributed by atoms with Crippen molar-refractivity contribution < 1.29 is 9.53 Å². The molecule has 1 aromatic heterocycles. The number of anilines is 3. The number of halogens is 1. The van der Waals surface area contributed by atoms with Gasteiger partial charge in [-0.25, -0.2) is 9.97 Å². The molecule has 6 nitrogen and oxygen atoms in total. The van der Waals surface area contributed by atoms with Crippen LogP contribution in [0.1, 0.15) is 10.4 Å². The number of carbonyl (C=O) groups is 1. The van der Waals surface area contributed by atoms with E-state index in [9.17, 15) is 4.79 Å². The molecule has 98 valence electrons. The third-order valence-corrected chi connectivity index (χ3v) is 2.74. The van der Waals surface area contributed by atoms with Gasteiger partial charge in [-0.2, -0.15) is 0 Å². The van der Waals surface area contributed by atoms with Crippen molar-refractivity contribution >= 4 is 35.2 Å². The summed E-state index contributed by atoms with van der Waals surface area (Å²) in [5.41, 5.74) is 6.46. The first kappa shape index (κ1) is 13.1. The molecule has 19 heavy (non-hydrogen) atoms. The number of nitrogen functional groups attached to an aromatic ring is 1. The molecular formula is C12H11ClN4O2. The monoisotopic (exact) mass is 278 g/mol. The Balaban J connectivity index is 2.34. The first-order valence-corrected chi connectivity index (χ1v) is 5.69. The van der Waals surface area contributed by atoms with E-state index in [1.165, 1.54) is 13.4 Å². The molecule has 0 aliphatic carbocycles. The highest BCUT2D eigenvalue weighted by Gasteiger charge is 2.09. The van der Waals surface area contributed by atoms with Gasteiger partial charge in [0, 0.05) is 5.69 Å². The Labute approximate surface area is 114 Å². The van der Waals surface area contributed by atoms with Crippen molar-refractivity contribution in [3.63, 3.8) is 0 Å². The van der Waals surface area contributed by atoms with Crippen molar-refractivity contribution in [1.82, 2.24) is 9.97 Å². The summed E-state index contributed by atoms with van der Waals surface area (Å²) in [6, 6.07) is 5.11. The lowest BCUT2D eigenvalue weighted by molar-refractivity contribution is 0.112. The zero-order valence-electron chi connectivity index (χ0n) is 10.1. The lowest BCUT2D eigenvalue weighted by Crippen LogP contribution is -2.04. The predicted octanol–water partition coefficient (Wildman–Crippen LogP) is 2.28. The standard InChI is InChI=1S/C12H11ClN4O2/c1-19-10-3-2-7(4-9(10)13)17-12-8(5-18)11(14)15-6-16-12/h2-6H,1H3,(H3,14,15,16,17). The fourth-order valence-electron chi connectivity index (χ4n) is 1.51. The molecule has 0 aliphatic rings. The van der Waals surface area contributed by atoms with Gasteiger partial charge in [-0.15, -0.1) is 0 Å². The molecule has 0 saturated carbocycles. The average Bonchev–Trinajstić information content (AvgIpc) is 2.39. The van der Waals surface area contributed by atoms with Crippen LogP contribution in [-0.2, 0) is 0 Å². The van der Waals surface area contributed by atoms with Crippen LogP contribution in [0.2, 0.25) is 5.02 Å². The minimum atomic E-state index is 0.118. The van der Waals surface area contributed by atoms with Crippen molar-refractivity contribution in [2.45, 2.75) is 0 Å². The van der Waals surface area contributed by atoms with E-state index in [4.69, 9.17) is 22.1 Å². The van der Waals surface area contributed by atoms with Gasteiger partial charge in [-0.05, 0) is 18.2 Å². The van der Waals surface area contributed by atoms with Crippen LogP contribution in [-0.4, -0.2) is 23.4 Å². The molecule has 0 radical (unpaired) electrons. The molecule has 0 atom stereocenters. The van der Waals surface area contributed by atoms with Crippen LogP contribution >= 0.6 is 11.6 Å². The van der Waals surface area contributed by atoms with Gasteiger partial charge in [0.2, 0.25) is 0 Å². The summed E-state index contributed by atoms with van der Waals surface area (Å²) < 4.78 is 5.05. The molecule has 1 heterocycles. The van der Waals surface area contributed by atoms with Crippen LogP contribution in [0.25, 0.3) is 0 Å². The maximum atomic E-state index is 11.0. The van der Waals surface area contributed by atoms with Gasteiger partial charge in [0.25, 0.3) is 0 Å². The van der Waals surface area contributed by atoms with Crippen molar-refractivity contribution in [3.8, 4) is 5.75 Å². The molecule has 2 aromatic rings. The summed E-state index contributed by atoms with van der Waals surface area (Å²) in [7, 11) is 1.53. The lowest BCUT2D eigenvalue weighted by atomic mass is 10.2. The number of hydrogen-bond acceptors (Lipinski definition) is 6. The summed E-state index contributed by atoms with van der Waals surface area (Å²) in [4.78, 5) is 18.7. The molecule has 0 aliphatic heterocycles. The maximum absolute atomic E-state index is 11.0. The molecule has 0 unspecified atom stereocenters. The number of benzene rings is 1. The van der Waals surface area contributed by atoms with Gasteiger partial charge in [0.05, 0.1) is 17.7 Å². The van der Waals surface area contributed by atoms with Crippen molar-refractivity contribution in [3.05, 3.63) is 35.1 Å². The van der Waals surface area contributed by atoms with E-state index in [0.29, 0.717) is 28.6 Å². The van der Waals surface area contributed by atoms with Crippen molar-refractivity contribution in [1.29, 1.82) is 0 Å². The number of nitrogens with zero attached hydrogens (tertiary/aromatic N) is 2. The predicted molar refractivity (Wildman–Crippen MR) is 73.1 cm³/mol. The Morgan fingerprint density at radius 3 is 2.84 bits per heavy atom. The van der Waals surface area contributed by atoms with Crippen molar-refractivity contribution in [2.75, 3.05) is 18.2 Å². The number of ether oxygens (including phenoxy) is 1. The van der Waals surface area contributed by atoms with E-state index >= 15 is 0 Å². The number of carbonyl (C=O) groups excluding carboxylic acids is 1. The summed E-state index contributed by atoms with van der Waals surface area (Å²) in [5, 5.41) is 3.40. The zero-order chi connectivity index (χ0) is 13.8. The Hall–Kier alpha value is -2.34. The van der Waals surface area contributed by atoms with Crippen LogP contribution in [0.4, 0.5) is 17.3 Å². The summed E-state index contributed by atoms with van der Waals surface area (Å²) in [5.74, 6) is 1.00. The molecule has 0 amide bonds. The Bertz CT molecular complexity index is 619. The van der Waals surface area contributed by atoms with Crippen LogP contribution in [0, 0.1) is 0 Å². The van der Waals surface area contributed by atoms with E-state index in [1.807, 2.05) is 0 Å². The van der Waals surface area contributed by atoms with Crippen LogP contribution < -0.4 is 15.8 Å². The Kier molecular flexibility index (Phi) is 3.82. The minimum absolute atomic E-state index is 0.118. The molecule has 7 heteroatoms. The maximum Gasteiger partial charge on any atom is 0.157 e. The summed E-state index contributed by atoms with van der Waals surface area (Å²) in [6.07, 6.45) is 1.87. The molecule has 0 spiro atoms. The Morgan fingerprint density at radius 2 is 2.21 bits per heavy atom. The fraction of sp³-hybridized carbons (Fsp3) is 0.0833. The highest BCUT2D eigenvalue weighted by molar-refractivity contribution is 6.32. The highest BCUT2D eigenvalue weighted by Crippen LogP contribution is 2.29. The first-order valence-electron chi connectivity index (χ1n) is 5.32. The first-order chi connectivity index (χ1) is 9.15. The van der Waals surface area contributed by atoms with Gasteiger partial charge in [0.15, 0.2) is 6.29 Å². The molecule has 0 saturated heterocycles. The third kappa shape index (κ3) is 2.74. The van der Waals surface area contributed by atoms with Gasteiger partial charge >= 0.3 is 0 Å². The number of nitrogens with one attached hydrogen (secondary N) is 1. The largest absolute Gasteiger partial charge is 0.495 e. The molecule has 2 rings (SSSR count). The smallest absolute Gasteiger partial charge is 0.157 e. The SMILES string of the molecule is COc1ccc(Nc2ncnc(N)c2C=O)cc1Cl. The van der Waals surface area contributed by atoms with Gasteiger partial charge < -0.3 is 15.8 Å². The second-order valence-electron chi connectivity index (χ2n) is 3.61. The van der Waals surface area contributed by atoms with Crippen molar-refractivity contribution in [2.24, 2.45) is 0 Å². The van der Waals surface area contributed by atoms with E-state index < -0.39 is 0 Å². The Morgan fingerprint density at radius 1 is 1.42 bits per heavy atom. The topological polar surface area (TPSA) is 90.1 Å². The second kappa shape index (κ2) is 5.53. The normalized spacial score (nSPS) is 10.0. The average molecular weight is 279 g/mol. The number of methoxy groups -OCH3 is 1. The minimum Gasteiger partial charge on any atom is -0.495 e. The van der Waals surface area contributed by atoms with E-state index in [2.05, 4.69) is 15.3 Å². The van der Waals surface area contributed by atoms with Gasteiger partial charge in [-0.1, -0.05) is 11.6 Å². The quantitative estimate of drug-likeness (QED) is 0.834. The number of rotatable bonds is 4. The second-order valence-corrected chi connectivity index (χ2v) is 4.02. The molecular weight excluding hydrogens is 268 g/mol. The van der Waals surface area contributed by atoms with E-state index in [0.717, 1.165) is 0 Å². The number of hydrogen-bond donors (Lipinski definition) is 2. The number of nitrogens with two attached hydrogens (primary N) is 1. The highest BCUT2D eigenvalue weighted by atomic mass is 35.5. The van der Waals surface area contributed by atoms with Crippen LogP contribution in [0.5, 0.6) is 5.75 Å². The summed E-state index contributed by atoms with van der Waals surface area (Å²) in [6.45, 7) is 0. The van der Waals surface area contributed by atoms with Gasteiger partial charge in [0.1, 0.15) is 23.7 Å². The summed E-state index contributed by atoms with van der Waals surface area (Å²) >= 11 is 6.01. The zero-order valence-corrected chi connectivity index (χ0v) is 10.8. The molecule has 3 N–H and O–H groups in total. The number of aromatic nitrogens is 2. The fourth-order valence-corrected chi connectivity index (χ4v) is 1.76. The van der Waals surface area contributed by atoms with E-state index in [-0.39, 0.29) is 11.4 Å². The van der Waals surface area contributed by atoms with Crippen LogP contribution in [0.15, 0.2) is 24.5 Å². The third-order valence-electron chi connectivity index (χ3n) is 2.45. The lowest BCUT2D eigenvalue weighted by Gasteiger charge is -2.10. The van der Waals surface area contributed by atoms with Gasteiger partial charge in [-0.3, -0.25) is 4.79 Å². The van der Waals surface area contributed by atoms with Crippen LogP contribution in [0.3, 0.4) is 0 Å². The molecule has 0 fully saturated rings.